The fraction of sp³-hybridized carbons (Fsp3) is 0.133. The van der Waals surface area contributed by atoms with Crippen molar-refractivity contribution in [3.05, 3.63) is 65.2 Å². The highest BCUT2D eigenvalue weighted by atomic mass is 35.5. The first-order valence-electron chi connectivity index (χ1n) is 5.72. The van der Waals surface area contributed by atoms with Crippen molar-refractivity contribution in [2.24, 2.45) is 0 Å². The number of Topliss-reactive ketones (excluding diaryl/α,β-unsaturated/α-hetero) is 1. The number of para-hydroxylation sites is 1. The molecule has 0 unspecified atom stereocenters. The molecule has 18 heavy (non-hydrogen) atoms. The minimum atomic E-state index is 0.0591. The third-order valence-corrected chi connectivity index (χ3v) is 2.96. The summed E-state index contributed by atoms with van der Waals surface area (Å²) in [7, 11) is 1.90. The molecule has 0 radical (unpaired) electrons. The Morgan fingerprint density at radius 3 is 2.50 bits per heavy atom. The zero-order valence-corrected chi connectivity index (χ0v) is 10.9. The normalized spacial score (nSPS) is 10.1. The van der Waals surface area contributed by atoms with E-state index >= 15 is 0 Å². The number of anilines is 1. The third kappa shape index (κ3) is 3.11. The van der Waals surface area contributed by atoms with Crippen molar-refractivity contribution in [1.82, 2.24) is 0 Å². The van der Waals surface area contributed by atoms with E-state index in [0.29, 0.717) is 17.1 Å². The summed E-state index contributed by atoms with van der Waals surface area (Å²) in [6, 6.07) is 16.9. The molecule has 92 valence electrons. The molecule has 2 aromatic carbocycles. The van der Waals surface area contributed by atoms with Gasteiger partial charge >= 0.3 is 0 Å². The lowest BCUT2D eigenvalue weighted by atomic mass is 10.1. The third-order valence-electron chi connectivity index (χ3n) is 2.72. The zero-order chi connectivity index (χ0) is 13.0. The van der Waals surface area contributed by atoms with Gasteiger partial charge in [0.05, 0.1) is 6.54 Å². The SMILES string of the molecule is CN(CC(=O)c1cccc(Cl)c1)c1ccccc1. The van der Waals surface area contributed by atoms with Gasteiger partial charge < -0.3 is 4.90 Å². The molecule has 2 aromatic rings. The van der Waals surface area contributed by atoms with E-state index in [1.807, 2.05) is 42.3 Å². The molecule has 2 nitrogen and oxygen atoms in total. The molecular formula is C15H14ClNO. The van der Waals surface area contributed by atoms with Crippen molar-refractivity contribution in [2.45, 2.75) is 0 Å². The quantitative estimate of drug-likeness (QED) is 0.781. The lowest BCUT2D eigenvalue weighted by Gasteiger charge is -2.18. The molecule has 0 saturated heterocycles. The summed E-state index contributed by atoms with van der Waals surface area (Å²) in [5, 5.41) is 0.586. The van der Waals surface area contributed by atoms with Crippen LogP contribution in [0.5, 0.6) is 0 Å². The van der Waals surface area contributed by atoms with Crippen LogP contribution in [0.2, 0.25) is 5.02 Å². The number of halogens is 1. The van der Waals surface area contributed by atoms with Gasteiger partial charge in [0.15, 0.2) is 5.78 Å². The molecule has 2 rings (SSSR count). The van der Waals surface area contributed by atoms with Crippen molar-refractivity contribution < 1.29 is 4.79 Å². The topological polar surface area (TPSA) is 20.3 Å². The summed E-state index contributed by atoms with van der Waals surface area (Å²) in [4.78, 5) is 14.0. The molecule has 0 N–H and O–H groups in total. The molecule has 0 aliphatic heterocycles. The van der Waals surface area contributed by atoms with Crippen molar-refractivity contribution in [3.8, 4) is 0 Å². The van der Waals surface area contributed by atoms with E-state index in [4.69, 9.17) is 11.6 Å². The second kappa shape index (κ2) is 5.69. The molecule has 0 heterocycles. The van der Waals surface area contributed by atoms with Crippen LogP contribution in [-0.4, -0.2) is 19.4 Å². The monoisotopic (exact) mass is 259 g/mol. The highest BCUT2D eigenvalue weighted by Crippen LogP contribution is 2.14. The Morgan fingerprint density at radius 2 is 1.83 bits per heavy atom. The molecule has 0 aliphatic carbocycles. The van der Waals surface area contributed by atoms with Crippen molar-refractivity contribution >= 4 is 23.1 Å². The first kappa shape index (κ1) is 12.7. The Balaban J connectivity index is 2.08. The van der Waals surface area contributed by atoms with E-state index in [9.17, 15) is 4.79 Å². The molecule has 0 spiro atoms. The standard InChI is InChI=1S/C15H14ClNO/c1-17(14-8-3-2-4-9-14)11-15(18)12-6-5-7-13(16)10-12/h2-10H,11H2,1H3. The van der Waals surface area contributed by atoms with Crippen LogP contribution < -0.4 is 4.90 Å². The number of likely N-dealkylation sites (N-methyl/N-ethyl adjacent to an activating group) is 1. The summed E-state index contributed by atoms with van der Waals surface area (Å²) in [5.74, 6) is 0.0591. The fourth-order valence-corrected chi connectivity index (χ4v) is 1.93. The number of ketones is 1. The molecule has 0 saturated carbocycles. The first-order chi connectivity index (χ1) is 8.66. The number of hydrogen-bond acceptors (Lipinski definition) is 2. The maximum Gasteiger partial charge on any atom is 0.182 e. The van der Waals surface area contributed by atoms with Crippen LogP contribution in [-0.2, 0) is 0 Å². The second-order valence-electron chi connectivity index (χ2n) is 4.13. The zero-order valence-electron chi connectivity index (χ0n) is 10.1. The highest BCUT2D eigenvalue weighted by Gasteiger charge is 2.09. The maximum atomic E-state index is 12.1. The van der Waals surface area contributed by atoms with Gasteiger partial charge in [0.1, 0.15) is 0 Å². The predicted molar refractivity (Wildman–Crippen MR) is 75.5 cm³/mol. The van der Waals surface area contributed by atoms with Gasteiger partial charge in [-0.1, -0.05) is 41.9 Å². The van der Waals surface area contributed by atoms with Gasteiger partial charge in [0.25, 0.3) is 0 Å². The fourth-order valence-electron chi connectivity index (χ4n) is 1.74. The lowest BCUT2D eigenvalue weighted by molar-refractivity contribution is 0.100. The summed E-state index contributed by atoms with van der Waals surface area (Å²) < 4.78 is 0. The van der Waals surface area contributed by atoms with E-state index in [1.165, 1.54) is 0 Å². The van der Waals surface area contributed by atoms with Crippen molar-refractivity contribution in [2.75, 3.05) is 18.5 Å². The smallest absolute Gasteiger partial charge is 0.182 e. The maximum absolute atomic E-state index is 12.1. The second-order valence-corrected chi connectivity index (χ2v) is 4.56. The van der Waals surface area contributed by atoms with Crippen LogP contribution >= 0.6 is 11.6 Å². The molecule has 3 heteroatoms. The number of carbonyl (C=O) groups is 1. The number of nitrogens with zero attached hydrogens (tertiary/aromatic N) is 1. The number of hydrogen-bond donors (Lipinski definition) is 0. The minimum Gasteiger partial charge on any atom is -0.367 e. The average Bonchev–Trinajstić information content (AvgIpc) is 2.39. The van der Waals surface area contributed by atoms with Crippen LogP contribution in [0, 0.1) is 0 Å². The van der Waals surface area contributed by atoms with E-state index in [-0.39, 0.29) is 5.78 Å². The van der Waals surface area contributed by atoms with E-state index < -0.39 is 0 Å². The highest BCUT2D eigenvalue weighted by molar-refractivity contribution is 6.31. The predicted octanol–water partition coefficient (Wildman–Crippen LogP) is 3.66. The Bertz CT molecular complexity index is 539. The Hall–Kier alpha value is -1.80. The van der Waals surface area contributed by atoms with Gasteiger partial charge in [-0.05, 0) is 24.3 Å². The number of benzene rings is 2. The van der Waals surface area contributed by atoms with Crippen LogP contribution in [0.25, 0.3) is 0 Å². The van der Waals surface area contributed by atoms with Crippen LogP contribution in [0.4, 0.5) is 5.69 Å². The van der Waals surface area contributed by atoms with Crippen LogP contribution in [0.15, 0.2) is 54.6 Å². The van der Waals surface area contributed by atoms with E-state index in [1.54, 1.807) is 24.3 Å². The molecule has 0 atom stereocenters. The van der Waals surface area contributed by atoms with Gasteiger partial charge in [0, 0.05) is 23.3 Å². The van der Waals surface area contributed by atoms with Crippen molar-refractivity contribution in [1.29, 1.82) is 0 Å². The molecule has 0 fully saturated rings. The lowest BCUT2D eigenvalue weighted by Crippen LogP contribution is -2.25. The first-order valence-corrected chi connectivity index (χ1v) is 6.09. The molecular weight excluding hydrogens is 246 g/mol. The average molecular weight is 260 g/mol. The molecule has 0 bridgehead atoms. The molecule has 0 amide bonds. The largest absolute Gasteiger partial charge is 0.367 e. The van der Waals surface area contributed by atoms with E-state index in [2.05, 4.69) is 0 Å². The number of rotatable bonds is 4. The van der Waals surface area contributed by atoms with Crippen molar-refractivity contribution in [3.63, 3.8) is 0 Å². The van der Waals surface area contributed by atoms with Gasteiger partial charge in [0.2, 0.25) is 0 Å². The Labute approximate surface area is 112 Å². The van der Waals surface area contributed by atoms with Crippen LogP contribution in [0.3, 0.4) is 0 Å². The van der Waals surface area contributed by atoms with Gasteiger partial charge in [-0.15, -0.1) is 0 Å². The summed E-state index contributed by atoms with van der Waals surface area (Å²) in [5.41, 5.74) is 1.66. The molecule has 0 aliphatic rings. The van der Waals surface area contributed by atoms with E-state index in [0.717, 1.165) is 5.69 Å². The molecule has 0 aromatic heterocycles. The summed E-state index contributed by atoms with van der Waals surface area (Å²) in [6.07, 6.45) is 0. The van der Waals surface area contributed by atoms with Gasteiger partial charge in [-0.25, -0.2) is 0 Å². The van der Waals surface area contributed by atoms with Crippen LogP contribution in [0.1, 0.15) is 10.4 Å². The Kier molecular flexibility index (Phi) is 4.00. The minimum absolute atomic E-state index is 0.0591. The summed E-state index contributed by atoms with van der Waals surface area (Å²) >= 11 is 5.88. The van der Waals surface area contributed by atoms with Gasteiger partial charge in [-0.2, -0.15) is 0 Å². The van der Waals surface area contributed by atoms with Gasteiger partial charge in [-0.3, -0.25) is 4.79 Å². The number of carbonyl (C=O) groups excluding carboxylic acids is 1. The summed E-state index contributed by atoms with van der Waals surface area (Å²) in [6.45, 7) is 0.338. The Morgan fingerprint density at radius 1 is 1.11 bits per heavy atom.